The van der Waals surface area contributed by atoms with E-state index in [1.807, 2.05) is 6.07 Å². The molecule has 1 unspecified atom stereocenters. The van der Waals surface area contributed by atoms with Gasteiger partial charge >= 0.3 is 5.97 Å². The predicted octanol–water partition coefficient (Wildman–Crippen LogP) is 2.42. The van der Waals surface area contributed by atoms with Crippen molar-refractivity contribution in [2.45, 2.75) is 5.92 Å². The lowest BCUT2D eigenvalue weighted by Crippen LogP contribution is -2.14. The topological polar surface area (TPSA) is 75.0 Å². The first-order valence-electron chi connectivity index (χ1n) is 6.48. The maximum absolute atomic E-state index is 11.5. The summed E-state index contributed by atoms with van der Waals surface area (Å²) >= 11 is 0. The second-order valence-electron chi connectivity index (χ2n) is 4.44. The highest BCUT2D eigenvalue weighted by Gasteiger charge is 2.24. The van der Waals surface area contributed by atoms with E-state index >= 15 is 0 Å². The summed E-state index contributed by atoms with van der Waals surface area (Å²) in [7, 11) is 4.32. The predicted molar refractivity (Wildman–Crippen MR) is 78.1 cm³/mol. The molecule has 6 nitrogen and oxygen atoms in total. The van der Waals surface area contributed by atoms with E-state index in [-0.39, 0.29) is 5.76 Å². The van der Waals surface area contributed by atoms with Gasteiger partial charge in [-0.3, -0.25) is 4.79 Å². The van der Waals surface area contributed by atoms with E-state index in [1.165, 1.54) is 13.4 Å². The van der Waals surface area contributed by atoms with Crippen molar-refractivity contribution < 1.29 is 28.2 Å². The number of furan rings is 1. The standard InChI is InChI=1S/C16H16O6/c1-19-13-5-4-10(6-15(13)20-2)11-7-14(22-9-11)12(8-17)16(18)21-3/h4-9,12H,1-3H3. The Hall–Kier alpha value is -2.76. The number of carbonyl (C=O) groups is 2. The highest BCUT2D eigenvalue weighted by atomic mass is 16.5. The quantitative estimate of drug-likeness (QED) is 0.463. The number of carbonyl (C=O) groups excluding carboxylic acids is 2. The van der Waals surface area contributed by atoms with E-state index in [4.69, 9.17) is 13.9 Å². The molecule has 1 atom stereocenters. The van der Waals surface area contributed by atoms with Crippen LogP contribution >= 0.6 is 0 Å². The third kappa shape index (κ3) is 2.95. The summed E-state index contributed by atoms with van der Waals surface area (Å²) < 4.78 is 20.3. The lowest BCUT2D eigenvalue weighted by Gasteiger charge is -2.08. The first-order chi connectivity index (χ1) is 10.6. The van der Waals surface area contributed by atoms with Crippen molar-refractivity contribution >= 4 is 12.3 Å². The number of benzene rings is 1. The molecule has 22 heavy (non-hydrogen) atoms. The molecular weight excluding hydrogens is 288 g/mol. The monoisotopic (exact) mass is 304 g/mol. The number of ether oxygens (including phenoxy) is 3. The molecule has 0 N–H and O–H groups in total. The number of rotatable bonds is 6. The second-order valence-corrected chi connectivity index (χ2v) is 4.44. The maximum Gasteiger partial charge on any atom is 0.323 e. The van der Waals surface area contributed by atoms with Crippen molar-refractivity contribution in [2.75, 3.05) is 21.3 Å². The molecular formula is C16H16O6. The molecule has 1 heterocycles. The molecule has 0 bridgehead atoms. The van der Waals surface area contributed by atoms with Crippen LogP contribution in [0.15, 0.2) is 34.9 Å². The number of methoxy groups -OCH3 is 3. The van der Waals surface area contributed by atoms with Crippen LogP contribution in [0, 0.1) is 0 Å². The van der Waals surface area contributed by atoms with Gasteiger partial charge in [0.05, 0.1) is 27.6 Å². The van der Waals surface area contributed by atoms with Crippen LogP contribution < -0.4 is 9.47 Å². The normalized spacial score (nSPS) is 11.6. The van der Waals surface area contributed by atoms with E-state index in [0.717, 1.165) is 5.56 Å². The fourth-order valence-corrected chi connectivity index (χ4v) is 2.05. The minimum Gasteiger partial charge on any atom is -0.493 e. The zero-order valence-corrected chi connectivity index (χ0v) is 12.5. The van der Waals surface area contributed by atoms with Crippen molar-refractivity contribution in [3.63, 3.8) is 0 Å². The van der Waals surface area contributed by atoms with Gasteiger partial charge in [0, 0.05) is 5.56 Å². The first kappa shape index (κ1) is 15.6. The third-order valence-electron chi connectivity index (χ3n) is 3.23. The summed E-state index contributed by atoms with van der Waals surface area (Å²) in [4.78, 5) is 22.6. The van der Waals surface area contributed by atoms with E-state index < -0.39 is 11.9 Å². The summed E-state index contributed by atoms with van der Waals surface area (Å²) in [5.41, 5.74) is 1.52. The van der Waals surface area contributed by atoms with Crippen LogP contribution in [0.2, 0.25) is 0 Å². The Morgan fingerprint density at radius 2 is 1.82 bits per heavy atom. The summed E-state index contributed by atoms with van der Waals surface area (Å²) in [6.07, 6.45) is 1.96. The molecule has 0 aliphatic carbocycles. The average molecular weight is 304 g/mol. The van der Waals surface area contributed by atoms with Crippen LogP contribution in [0.5, 0.6) is 11.5 Å². The molecule has 0 radical (unpaired) electrons. The van der Waals surface area contributed by atoms with Gasteiger partial charge in [-0.25, -0.2) is 0 Å². The lowest BCUT2D eigenvalue weighted by molar-refractivity contribution is -0.144. The van der Waals surface area contributed by atoms with E-state index in [1.54, 1.807) is 32.4 Å². The number of aldehydes is 1. The minimum absolute atomic E-state index is 0.228. The Kier molecular flexibility index (Phi) is 4.83. The summed E-state index contributed by atoms with van der Waals surface area (Å²) in [5, 5.41) is 0. The van der Waals surface area contributed by atoms with Crippen LogP contribution in [-0.4, -0.2) is 33.6 Å². The summed E-state index contributed by atoms with van der Waals surface area (Å²) in [5.74, 6) is -0.327. The minimum atomic E-state index is -1.07. The van der Waals surface area contributed by atoms with Crippen molar-refractivity contribution in [2.24, 2.45) is 0 Å². The van der Waals surface area contributed by atoms with Crippen LogP contribution in [0.4, 0.5) is 0 Å². The second kappa shape index (κ2) is 6.80. The summed E-state index contributed by atoms with van der Waals surface area (Å²) in [6.45, 7) is 0. The van der Waals surface area contributed by atoms with Gasteiger partial charge in [-0.05, 0) is 23.8 Å². The van der Waals surface area contributed by atoms with Gasteiger partial charge in [0.25, 0.3) is 0 Å². The Labute approximate surface area is 127 Å². The van der Waals surface area contributed by atoms with Crippen LogP contribution in [0.1, 0.15) is 11.7 Å². The number of hydrogen-bond donors (Lipinski definition) is 0. The van der Waals surface area contributed by atoms with Crippen LogP contribution in [0.3, 0.4) is 0 Å². The zero-order valence-electron chi connectivity index (χ0n) is 12.5. The van der Waals surface area contributed by atoms with Crippen molar-refractivity contribution in [3.05, 3.63) is 36.3 Å². The molecule has 0 saturated carbocycles. The van der Waals surface area contributed by atoms with Crippen LogP contribution in [0.25, 0.3) is 11.1 Å². The van der Waals surface area contributed by atoms with E-state index in [0.29, 0.717) is 23.3 Å². The number of esters is 1. The Balaban J connectivity index is 2.35. The molecule has 6 heteroatoms. The zero-order chi connectivity index (χ0) is 16.1. The van der Waals surface area contributed by atoms with Gasteiger partial charge in [0.1, 0.15) is 12.0 Å². The molecule has 0 aliphatic rings. The SMILES string of the molecule is COC(=O)C(C=O)c1cc(-c2ccc(OC)c(OC)c2)co1. The molecule has 1 aromatic carbocycles. The van der Waals surface area contributed by atoms with Crippen molar-refractivity contribution in [1.29, 1.82) is 0 Å². The Bertz CT molecular complexity index is 673. The maximum atomic E-state index is 11.5. The van der Waals surface area contributed by atoms with Gasteiger partial charge in [0.15, 0.2) is 17.4 Å². The fraction of sp³-hybridized carbons (Fsp3) is 0.250. The van der Waals surface area contributed by atoms with Gasteiger partial charge in [0.2, 0.25) is 0 Å². The lowest BCUT2D eigenvalue weighted by atomic mass is 10.0. The van der Waals surface area contributed by atoms with Gasteiger partial charge in [-0.15, -0.1) is 0 Å². The largest absolute Gasteiger partial charge is 0.493 e. The molecule has 0 spiro atoms. The number of hydrogen-bond acceptors (Lipinski definition) is 6. The Morgan fingerprint density at radius 1 is 1.09 bits per heavy atom. The first-order valence-corrected chi connectivity index (χ1v) is 6.48. The fourth-order valence-electron chi connectivity index (χ4n) is 2.05. The van der Waals surface area contributed by atoms with Crippen LogP contribution in [-0.2, 0) is 14.3 Å². The van der Waals surface area contributed by atoms with E-state index in [9.17, 15) is 9.59 Å². The highest BCUT2D eigenvalue weighted by molar-refractivity contribution is 5.93. The van der Waals surface area contributed by atoms with Gasteiger partial charge in [-0.1, -0.05) is 6.07 Å². The average Bonchev–Trinajstić information content (AvgIpc) is 3.04. The molecule has 0 fully saturated rings. The molecule has 0 amide bonds. The smallest absolute Gasteiger partial charge is 0.323 e. The highest BCUT2D eigenvalue weighted by Crippen LogP contribution is 2.33. The summed E-state index contributed by atoms with van der Waals surface area (Å²) in [6, 6.07) is 6.99. The molecule has 1 aromatic heterocycles. The van der Waals surface area contributed by atoms with Gasteiger partial charge < -0.3 is 23.4 Å². The Morgan fingerprint density at radius 3 is 2.41 bits per heavy atom. The molecule has 2 aromatic rings. The van der Waals surface area contributed by atoms with Crippen molar-refractivity contribution in [1.82, 2.24) is 0 Å². The molecule has 0 aliphatic heterocycles. The van der Waals surface area contributed by atoms with Crippen molar-refractivity contribution in [3.8, 4) is 22.6 Å². The molecule has 0 saturated heterocycles. The van der Waals surface area contributed by atoms with E-state index in [2.05, 4.69) is 4.74 Å². The third-order valence-corrected chi connectivity index (χ3v) is 3.23. The molecule has 116 valence electrons. The molecule has 2 rings (SSSR count). The van der Waals surface area contributed by atoms with Gasteiger partial charge in [-0.2, -0.15) is 0 Å².